The number of aromatic nitrogens is 2. The highest BCUT2D eigenvalue weighted by Gasteiger charge is 2.13. The Morgan fingerprint density at radius 2 is 1.63 bits per heavy atom. The van der Waals surface area contributed by atoms with Gasteiger partial charge < -0.3 is 5.73 Å². The van der Waals surface area contributed by atoms with Crippen molar-refractivity contribution >= 4 is 11.0 Å². The molecule has 3 nitrogen and oxygen atoms in total. The topological polar surface area (TPSA) is 51.8 Å². The van der Waals surface area contributed by atoms with Gasteiger partial charge in [-0.1, -0.05) is 36.4 Å². The van der Waals surface area contributed by atoms with E-state index in [1.165, 1.54) is 5.56 Å². The minimum atomic E-state index is -0.238. The molecule has 3 rings (SSSR count). The lowest BCUT2D eigenvalue weighted by Crippen LogP contribution is -2.15. The molecule has 94 valence electrons. The van der Waals surface area contributed by atoms with Gasteiger partial charge in [0.25, 0.3) is 0 Å². The zero-order chi connectivity index (χ0) is 13.2. The van der Waals surface area contributed by atoms with Crippen LogP contribution in [0.1, 0.15) is 22.9 Å². The van der Waals surface area contributed by atoms with Crippen molar-refractivity contribution in [2.24, 2.45) is 5.73 Å². The second-order valence-corrected chi connectivity index (χ2v) is 4.62. The summed E-state index contributed by atoms with van der Waals surface area (Å²) in [5.41, 5.74) is 11.1. The minimum absolute atomic E-state index is 0.238. The van der Waals surface area contributed by atoms with Gasteiger partial charge in [0, 0.05) is 0 Å². The van der Waals surface area contributed by atoms with E-state index in [0.717, 1.165) is 22.3 Å². The summed E-state index contributed by atoms with van der Waals surface area (Å²) in [5.74, 6) is 0. The van der Waals surface area contributed by atoms with Gasteiger partial charge in [-0.15, -0.1) is 0 Å². The van der Waals surface area contributed by atoms with Crippen LogP contribution in [0, 0.1) is 6.92 Å². The Labute approximate surface area is 112 Å². The summed E-state index contributed by atoms with van der Waals surface area (Å²) < 4.78 is 0. The molecular formula is C16H15N3. The predicted molar refractivity (Wildman–Crippen MR) is 76.7 cm³/mol. The molecular weight excluding hydrogens is 234 g/mol. The quantitative estimate of drug-likeness (QED) is 0.759. The van der Waals surface area contributed by atoms with Crippen LogP contribution in [0.2, 0.25) is 0 Å². The lowest BCUT2D eigenvalue weighted by molar-refractivity contribution is 0.820. The molecule has 2 aromatic carbocycles. The molecule has 2 N–H and O–H groups in total. The Hall–Kier alpha value is -2.26. The summed E-state index contributed by atoms with van der Waals surface area (Å²) in [7, 11) is 0. The van der Waals surface area contributed by atoms with Crippen LogP contribution in [0.4, 0.5) is 0 Å². The third-order valence-corrected chi connectivity index (χ3v) is 3.31. The Morgan fingerprint density at radius 1 is 0.947 bits per heavy atom. The van der Waals surface area contributed by atoms with Crippen molar-refractivity contribution in [3.63, 3.8) is 0 Å². The molecule has 1 heterocycles. The number of para-hydroxylation sites is 2. The zero-order valence-corrected chi connectivity index (χ0v) is 10.7. The van der Waals surface area contributed by atoms with E-state index < -0.39 is 0 Å². The third kappa shape index (κ3) is 2.20. The number of rotatable bonds is 2. The number of aryl methyl sites for hydroxylation is 1. The highest BCUT2D eigenvalue weighted by atomic mass is 14.8. The molecule has 3 heteroatoms. The first-order valence-corrected chi connectivity index (χ1v) is 6.28. The molecule has 1 aromatic heterocycles. The summed E-state index contributed by atoms with van der Waals surface area (Å²) in [6.07, 6.45) is 1.76. The van der Waals surface area contributed by atoms with Crippen LogP contribution in [-0.2, 0) is 0 Å². The highest BCUT2D eigenvalue weighted by molar-refractivity contribution is 5.73. The van der Waals surface area contributed by atoms with E-state index in [9.17, 15) is 0 Å². The molecule has 0 amide bonds. The van der Waals surface area contributed by atoms with E-state index in [2.05, 4.69) is 23.0 Å². The first-order chi connectivity index (χ1) is 9.25. The standard InChI is InChI=1S/C16H15N3/c1-11-6-2-3-7-12(11)16(17)15-10-18-13-8-4-5-9-14(13)19-15/h2-10,16H,17H2,1H3. The average molecular weight is 249 g/mol. The van der Waals surface area contributed by atoms with E-state index >= 15 is 0 Å². The van der Waals surface area contributed by atoms with Crippen molar-refractivity contribution in [3.05, 3.63) is 71.5 Å². The van der Waals surface area contributed by atoms with E-state index in [1.807, 2.05) is 42.5 Å². The highest BCUT2D eigenvalue weighted by Crippen LogP contribution is 2.21. The molecule has 0 aliphatic carbocycles. The van der Waals surface area contributed by atoms with Crippen molar-refractivity contribution in [2.45, 2.75) is 13.0 Å². The maximum atomic E-state index is 6.31. The number of nitrogens with zero attached hydrogens (tertiary/aromatic N) is 2. The van der Waals surface area contributed by atoms with E-state index in [-0.39, 0.29) is 6.04 Å². The molecule has 0 fully saturated rings. The van der Waals surface area contributed by atoms with E-state index in [0.29, 0.717) is 0 Å². The Kier molecular flexibility index (Phi) is 2.97. The zero-order valence-electron chi connectivity index (χ0n) is 10.7. The van der Waals surface area contributed by atoms with Gasteiger partial charge in [-0.2, -0.15) is 0 Å². The third-order valence-electron chi connectivity index (χ3n) is 3.31. The first kappa shape index (κ1) is 11.8. The summed E-state index contributed by atoms with van der Waals surface area (Å²) in [6, 6.07) is 15.7. The van der Waals surface area contributed by atoms with Gasteiger partial charge in [-0.25, -0.2) is 4.98 Å². The van der Waals surface area contributed by atoms with Crippen LogP contribution in [-0.4, -0.2) is 9.97 Å². The molecule has 0 aliphatic heterocycles. The Morgan fingerprint density at radius 3 is 2.42 bits per heavy atom. The number of nitrogens with two attached hydrogens (primary N) is 1. The molecule has 19 heavy (non-hydrogen) atoms. The van der Waals surface area contributed by atoms with Crippen LogP contribution in [0.3, 0.4) is 0 Å². The van der Waals surface area contributed by atoms with Gasteiger partial charge >= 0.3 is 0 Å². The van der Waals surface area contributed by atoms with Crippen molar-refractivity contribution in [3.8, 4) is 0 Å². The maximum Gasteiger partial charge on any atom is 0.0890 e. The molecule has 1 unspecified atom stereocenters. The molecule has 0 bridgehead atoms. The number of benzene rings is 2. The number of hydrogen-bond acceptors (Lipinski definition) is 3. The smallest absolute Gasteiger partial charge is 0.0890 e. The van der Waals surface area contributed by atoms with E-state index in [1.54, 1.807) is 6.20 Å². The summed E-state index contributed by atoms with van der Waals surface area (Å²) in [5, 5.41) is 0. The van der Waals surface area contributed by atoms with Gasteiger partial charge in [0.05, 0.1) is 29.0 Å². The minimum Gasteiger partial charge on any atom is -0.319 e. The maximum absolute atomic E-state index is 6.31. The van der Waals surface area contributed by atoms with Crippen LogP contribution >= 0.6 is 0 Å². The molecule has 1 atom stereocenters. The fourth-order valence-electron chi connectivity index (χ4n) is 2.22. The Bertz CT molecular complexity index is 722. The summed E-state index contributed by atoms with van der Waals surface area (Å²) in [4.78, 5) is 9.02. The molecule has 0 saturated heterocycles. The molecule has 0 radical (unpaired) electrons. The van der Waals surface area contributed by atoms with Gasteiger partial charge in [0.1, 0.15) is 0 Å². The van der Waals surface area contributed by atoms with Crippen LogP contribution < -0.4 is 5.73 Å². The number of fused-ring (bicyclic) bond motifs is 1. The SMILES string of the molecule is Cc1ccccc1C(N)c1cnc2ccccc2n1. The van der Waals surface area contributed by atoms with Gasteiger partial charge in [-0.3, -0.25) is 4.98 Å². The lowest BCUT2D eigenvalue weighted by Gasteiger charge is -2.14. The molecule has 3 aromatic rings. The fraction of sp³-hybridized carbons (Fsp3) is 0.125. The van der Waals surface area contributed by atoms with Crippen molar-refractivity contribution in [1.82, 2.24) is 9.97 Å². The van der Waals surface area contributed by atoms with Gasteiger partial charge in [0.2, 0.25) is 0 Å². The second-order valence-electron chi connectivity index (χ2n) is 4.62. The van der Waals surface area contributed by atoms with Gasteiger partial charge in [0.15, 0.2) is 0 Å². The normalized spacial score (nSPS) is 12.5. The summed E-state index contributed by atoms with van der Waals surface area (Å²) >= 11 is 0. The van der Waals surface area contributed by atoms with E-state index in [4.69, 9.17) is 5.73 Å². The average Bonchev–Trinajstić information content (AvgIpc) is 2.46. The predicted octanol–water partition coefficient (Wildman–Crippen LogP) is 2.99. The van der Waals surface area contributed by atoms with Crippen LogP contribution in [0.15, 0.2) is 54.7 Å². The number of hydrogen-bond donors (Lipinski definition) is 1. The molecule has 0 spiro atoms. The Balaban J connectivity index is 2.07. The van der Waals surface area contributed by atoms with Crippen molar-refractivity contribution < 1.29 is 0 Å². The van der Waals surface area contributed by atoms with Crippen LogP contribution in [0.5, 0.6) is 0 Å². The lowest BCUT2D eigenvalue weighted by atomic mass is 10.00. The largest absolute Gasteiger partial charge is 0.319 e. The second kappa shape index (κ2) is 4.78. The van der Waals surface area contributed by atoms with Gasteiger partial charge in [-0.05, 0) is 30.2 Å². The van der Waals surface area contributed by atoms with Crippen LogP contribution in [0.25, 0.3) is 11.0 Å². The van der Waals surface area contributed by atoms with Crippen molar-refractivity contribution in [1.29, 1.82) is 0 Å². The van der Waals surface area contributed by atoms with Crippen molar-refractivity contribution in [2.75, 3.05) is 0 Å². The first-order valence-electron chi connectivity index (χ1n) is 6.28. The molecule has 0 aliphatic rings. The molecule has 0 saturated carbocycles. The monoisotopic (exact) mass is 249 g/mol. The fourth-order valence-corrected chi connectivity index (χ4v) is 2.22. The summed E-state index contributed by atoms with van der Waals surface area (Å²) in [6.45, 7) is 2.06.